The van der Waals surface area contributed by atoms with Gasteiger partial charge in [-0.05, 0) is 41.7 Å². The maximum absolute atomic E-state index is 12.6. The summed E-state index contributed by atoms with van der Waals surface area (Å²) in [7, 11) is 0. The Labute approximate surface area is 167 Å². The third kappa shape index (κ3) is 5.47. The summed E-state index contributed by atoms with van der Waals surface area (Å²) in [6.07, 6.45) is 1.01. The second-order valence-corrected chi connectivity index (χ2v) is 7.81. The van der Waals surface area contributed by atoms with Gasteiger partial charge in [-0.1, -0.05) is 55.8 Å². The summed E-state index contributed by atoms with van der Waals surface area (Å²) >= 11 is 5.94. The van der Waals surface area contributed by atoms with Gasteiger partial charge in [-0.3, -0.25) is 4.90 Å². The first-order valence-corrected chi connectivity index (χ1v) is 10.0. The monoisotopic (exact) mass is 385 g/mol. The van der Waals surface area contributed by atoms with Crippen molar-refractivity contribution in [1.82, 2.24) is 9.80 Å². The molecule has 1 saturated heterocycles. The second kappa shape index (κ2) is 9.25. The molecule has 0 unspecified atom stereocenters. The molecule has 5 heteroatoms. The van der Waals surface area contributed by atoms with E-state index in [1.54, 1.807) is 0 Å². The van der Waals surface area contributed by atoms with Crippen LogP contribution in [0.25, 0.3) is 0 Å². The molecule has 2 aromatic carbocycles. The number of nitrogens with zero attached hydrogens (tertiary/aromatic N) is 2. The van der Waals surface area contributed by atoms with E-state index in [-0.39, 0.29) is 6.03 Å². The molecule has 144 valence electrons. The molecule has 1 fully saturated rings. The van der Waals surface area contributed by atoms with Gasteiger partial charge in [0.15, 0.2) is 0 Å². The van der Waals surface area contributed by atoms with Gasteiger partial charge in [0.1, 0.15) is 0 Å². The minimum Gasteiger partial charge on any atom is -0.322 e. The number of hydrogen-bond donors (Lipinski definition) is 1. The number of halogens is 1. The van der Waals surface area contributed by atoms with Crippen LogP contribution >= 0.6 is 11.6 Å². The topological polar surface area (TPSA) is 35.6 Å². The minimum absolute atomic E-state index is 0.000418. The van der Waals surface area contributed by atoms with Crippen molar-refractivity contribution in [1.29, 1.82) is 0 Å². The van der Waals surface area contributed by atoms with E-state index in [1.165, 1.54) is 11.1 Å². The summed E-state index contributed by atoms with van der Waals surface area (Å²) in [6.45, 7) is 8.63. The van der Waals surface area contributed by atoms with Gasteiger partial charge in [0.2, 0.25) is 0 Å². The van der Waals surface area contributed by atoms with Crippen LogP contribution in [0.3, 0.4) is 0 Å². The molecule has 0 radical (unpaired) electrons. The largest absolute Gasteiger partial charge is 0.322 e. The summed E-state index contributed by atoms with van der Waals surface area (Å²) in [5.41, 5.74) is 3.39. The van der Waals surface area contributed by atoms with Gasteiger partial charge in [0.05, 0.1) is 0 Å². The smallest absolute Gasteiger partial charge is 0.321 e. The number of para-hydroxylation sites is 1. The molecule has 4 nitrogen and oxygen atoms in total. The maximum atomic E-state index is 12.6. The van der Waals surface area contributed by atoms with Crippen LogP contribution in [0.1, 0.15) is 30.9 Å². The summed E-state index contributed by atoms with van der Waals surface area (Å²) in [4.78, 5) is 17.0. The predicted molar refractivity (Wildman–Crippen MR) is 113 cm³/mol. The molecule has 1 aliphatic heterocycles. The molecule has 1 heterocycles. The number of urea groups is 1. The van der Waals surface area contributed by atoms with Crippen molar-refractivity contribution >= 4 is 23.3 Å². The van der Waals surface area contributed by atoms with Gasteiger partial charge in [0, 0.05) is 43.4 Å². The number of benzene rings is 2. The minimum atomic E-state index is 0.000418. The van der Waals surface area contributed by atoms with Crippen LogP contribution in [0.4, 0.5) is 10.5 Å². The normalized spacial score (nSPS) is 15.2. The van der Waals surface area contributed by atoms with Gasteiger partial charge >= 0.3 is 6.03 Å². The summed E-state index contributed by atoms with van der Waals surface area (Å²) in [5, 5.41) is 3.87. The lowest BCUT2D eigenvalue weighted by atomic mass is 10.0. The summed E-state index contributed by atoms with van der Waals surface area (Å²) < 4.78 is 0. The number of carbonyl (C=O) groups is 1. The fourth-order valence-corrected chi connectivity index (χ4v) is 3.55. The zero-order valence-electron chi connectivity index (χ0n) is 16.1. The van der Waals surface area contributed by atoms with E-state index in [2.05, 4.69) is 42.3 Å². The van der Waals surface area contributed by atoms with Crippen molar-refractivity contribution in [2.24, 2.45) is 0 Å². The number of hydrogen-bond acceptors (Lipinski definition) is 2. The van der Waals surface area contributed by atoms with E-state index >= 15 is 0 Å². The molecule has 0 aliphatic carbocycles. The molecule has 0 aromatic heterocycles. The van der Waals surface area contributed by atoms with E-state index in [1.807, 2.05) is 35.2 Å². The predicted octanol–water partition coefficient (Wildman–Crippen LogP) is 4.86. The van der Waals surface area contributed by atoms with E-state index in [9.17, 15) is 4.79 Å². The molecule has 0 saturated carbocycles. The van der Waals surface area contributed by atoms with Crippen LogP contribution in [0.15, 0.2) is 48.5 Å². The Bertz CT molecular complexity index is 752. The molecule has 1 N–H and O–H groups in total. The Morgan fingerprint density at radius 3 is 2.37 bits per heavy atom. The fourth-order valence-electron chi connectivity index (χ4n) is 3.42. The zero-order valence-corrected chi connectivity index (χ0v) is 16.9. The first kappa shape index (κ1) is 19.7. The Kier molecular flexibility index (Phi) is 6.75. The maximum Gasteiger partial charge on any atom is 0.321 e. The van der Waals surface area contributed by atoms with Crippen molar-refractivity contribution < 1.29 is 4.79 Å². The Balaban J connectivity index is 1.47. The highest BCUT2D eigenvalue weighted by atomic mass is 35.5. The van der Waals surface area contributed by atoms with Crippen molar-refractivity contribution in [3.8, 4) is 0 Å². The Hall–Kier alpha value is -2.04. The average Bonchev–Trinajstić information content (AvgIpc) is 2.68. The van der Waals surface area contributed by atoms with Crippen LogP contribution in [0.2, 0.25) is 5.02 Å². The quantitative estimate of drug-likeness (QED) is 0.798. The molecular weight excluding hydrogens is 358 g/mol. The van der Waals surface area contributed by atoms with E-state index in [4.69, 9.17) is 11.6 Å². The highest BCUT2D eigenvalue weighted by molar-refractivity contribution is 6.30. The lowest BCUT2D eigenvalue weighted by molar-refractivity contribution is 0.148. The Morgan fingerprint density at radius 2 is 1.70 bits per heavy atom. The molecular formula is C22H28ClN3O. The molecule has 2 amide bonds. The number of amides is 2. The average molecular weight is 386 g/mol. The van der Waals surface area contributed by atoms with Crippen LogP contribution in [-0.4, -0.2) is 48.6 Å². The highest BCUT2D eigenvalue weighted by Gasteiger charge is 2.21. The van der Waals surface area contributed by atoms with E-state index in [0.717, 1.165) is 49.9 Å². The van der Waals surface area contributed by atoms with Gasteiger partial charge in [0.25, 0.3) is 0 Å². The molecule has 27 heavy (non-hydrogen) atoms. The SMILES string of the molecule is CC(C)c1ccccc1NC(=O)N1CCN(CCc2ccc(Cl)cc2)CC1. The number of rotatable bonds is 5. The fraction of sp³-hybridized carbons (Fsp3) is 0.409. The van der Waals surface area contributed by atoms with Crippen molar-refractivity contribution in [3.63, 3.8) is 0 Å². The van der Waals surface area contributed by atoms with Crippen molar-refractivity contribution in [3.05, 3.63) is 64.7 Å². The zero-order chi connectivity index (χ0) is 19.2. The van der Waals surface area contributed by atoms with Crippen LogP contribution < -0.4 is 5.32 Å². The third-order valence-electron chi connectivity index (χ3n) is 5.11. The summed E-state index contributed by atoms with van der Waals surface area (Å²) in [5.74, 6) is 0.381. The van der Waals surface area contributed by atoms with Crippen LogP contribution in [0, 0.1) is 0 Å². The van der Waals surface area contributed by atoms with Gasteiger partial charge < -0.3 is 10.2 Å². The first-order chi connectivity index (χ1) is 13.0. The lowest BCUT2D eigenvalue weighted by Crippen LogP contribution is -2.50. The Morgan fingerprint density at radius 1 is 1.04 bits per heavy atom. The van der Waals surface area contributed by atoms with Crippen LogP contribution in [-0.2, 0) is 6.42 Å². The van der Waals surface area contributed by atoms with E-state index in [0.29, 0.717) is 5.92 Å². The lowest BCUT2D eigenvalue weighted by Gasteiger charge is -2.35. The third-order valence-corrected chi connectivity index (χ3v) is 5.37. The van der Waals surface area contributed by atoms with Crippen molar-refractivity contribution in [2.75, 3.05) is 38.0 Å². The highest BCUT2D eigenvalue weighted by Crippen LogP contribution is 2.24. The van der Waals surface area contributed by atoms with Crippen molar-refractivity contribution in [2.45, 2.75) is 26.2 Å². The van der Waals surface area contributed by atoms with Gasteiger partial charge in [-0.15, -0.1) is 0 Å². The number of anilines is 1. The van der Waals surface area contributed by atoms with Gasteiger partial charge in [-0.25, -0.2) is 4.79 Å². The van der Waals surface area contributed by atoms with E-state index < -0.39 is 0 Å². The molecule has 0 atom stereocenters. The number of carbonyl (C=O) groups excluding carboxylic acids is 1. The first-order valence-electron chi connectivity index (χ1n) is 9.64. The standard InChI is InChI=1S/C22H28ClN3O/c1-17(2)20-5-3-4-6-21(20)24-22(27)26-15-13-25(14-16-26)12-11-18-7-9-19(23)10-8-18/h3-10,17H,11-16H2,1-2H3,(H,24,27). The second-order valence-electron chi connectivity index (χ2n) is 7.38. The molecule has 0 bridgehead atoms. The van der Waals surface area contributed by atoms with Gasteiger partial charge in [-0.2, -0.15) is 0 Å². The van der Waals surface area contributed by atoms with Crippen LogP contribution in [0.5, 0.6) is 0 Å². The molecule has 1 aliphatic rings. The number of piperazine rings is 1. The molecule has 2 aromatic rings. The molecule has 0 spiro atoms. The number of nitrogens with one attached hydrogen (secondary N) is 1. The molecule has 3 rings (SSSR count). The summed E-state index contributed by atoms with van der Waals surface area (Å²) in [6, 6.07) is 16.1.